The van der Waals surface area contributed by atoms with Crippen molar-refractivity contribution in [3.8, 4) is 0 Å². The molecule has 0 saturated heterocycles. The first-order valence-electron chi connectivity index (χ1n) is 10.4. The average Bonchev–Trinajstić information content (AvgIpc) is 3.43. The van der Waals surface area contributed by atoms with Crippen LogP contribution in [0.4, 0.5) is 18.9 Å². The lowest BCUT2D eigenvalue weighted by molar-refractivity contribution is -0.141. The topological polar surface area (TPSA) is 117 Å². The van der Waals surface area contributed by atoms with E-state index in [4.69, 9.17) is 23.2 Å². The van der Waals surface area contributed by atoms with Gasteiger partial charge in [-0.25, -0.2) is 4.68 Å². The molecule has 0 bridgehead atoms. The Morgan fingerprint density at radius 1 is 1.26 bits per heavy atom. The molecule has 9 nitrogen and oxygen atoms in total. The van der Waals surface area contributed by atoms with Crippen molar-refractivity contribution in [2.24, 2.45) is 4.99 Å². The minimum Gasteiger partial charge on any atom is -0.352 e. The number of allylic oxidation sites excluding steroid dienone is 1. The Labute approximate surface area is 206 Å². The summed E-state index contributed by atoms with van der Waals surface area (Å²) in [5, 5.41) is 15.7. The first kappa shape index (κ1) is 24.7. The SMILES string of the molecule is CCNC(=O)c1c(NC(=O)c2cc(C(F)(F)F)nn2C2=NC(C)CC=C2Cl)c(Cl)cc2cn[nH]c12. The van der Waals surface area contributed by atoms with Gasteiger partial charge in [-0.15, -0.1) is 0 Å². The van der Waals surface area contributed by atoms with E-state index in [2.05, 4.69) is 30.9 Å². The number of nitrogens with one attached hydrogen (secondary N) is 3. The number of nitrogens with zero attached hydrogens (tertiary/aromatic N) is 4. The average molecular weight is 528 g/mol. The van der Waals surface area contributed by atoms with Crippen LogP contribution < -0.4 is 10.6 Å². The summed E-state index contributed by atoms with van der Waals surface area (Å²) < 4.78 is 41.2. The number of aliphatic imine (C=N–C) groups is 1. The Hall–Kier alpha value is -3.38. The summed E-state index contributed by atoms with van der Waals surface area (Å²) in [5.41, 5.74) is -1.66. The summed E-state index contributed by atoms with van der Waals surface area (Å²) >= 11 is 12.6. The highest BCUT2D eigenvalue weighted by Gasteiger charge is 2.37. The molecule has 35 heavy (non-hydrogen) atoms. The van der Waals surface area contributed by atoms with Crippen LogP contribution in [0.3, 0.4) is 0 Å². The second-order valence-corrected chi connectivity index (χ2v) is 8.48. The molecule has 0 spiro atoms. The number of rotatable bonds is 4. The summed E-state index contributed by atoms with van der Waals surface area (Å²) in [5.74, 6) is -1.68. The van der Waals surface area contributed by atoms with Crippen LogP contribution in [0.5, 0.6) is 0 Å². The number of hydrogen-bond donors (Lipinski definition) is 3. The molecule has 0 radical (unpaired) electrons. The predicted octanol–water partition coefficient (Wildman–Crippen LogP) is 4.60. The molecule has 3 aromatic rings. The normalized spacial score (nSPS) is 16.1. The zero-order valence-corrected chi connectivity index (χ0v) is 19.8. The van der Waals surface area contributed by atoms with E-state index < -0.39 is 29.4 Å². The van der Waals surface area contributed by atoms with E-state index in [1.165, 1.54) is 12.3 Å². The summed E-state index contributed by atoms with van der Waals surface area (Å²) in [6.07, 6.45) is -1.33. The predicted molar refractivity (Wildman–Crippen MR) is 125 cm³/mol. The van der Waals surface area contributed by atoms with Gasteiger partial charge in [0, 0.05) is 18.0 Å². The van der Waals surface area contributed by atoms with Gasteiger partial charge >= 0.3 is 6.18 Å². The van der Waals surface area contributed by atoms with Crippen LogP contribution in [0.25, 0.3) is 10.9 Å². The number of dihydropyridines is 1. The molecule has 2 amide bonds. The van der Waals surface area contributed by atoms with Crippen molar-refractivity contribution >= 4 is 57.4 Å². The van der Waals surface area contributed by atoms with E-state index in [1.54, 1.807) is 19.9 Å². The van der Waals surface area contributed by atoms with Crippen LogP contribution in [0.1, 0.15) is 46.8 Å². The van der Waals surface area contributed by atoms with Crippen LogP contribution in [0.15, 0.2) is 34.4 Å². The molecule has 0 aliphatic carbocycles. The number of amides is 2. The van der Waals surface area contributed by atoms with Gasteiger partial charge in [0.25, 0.3) is 11.8 Å². The molecule has 2 aromatic heterocycles. The van der Waals surface area contributed by atoms with Gasteiger partial charge in [-0.2, -0.15) is 23.4 Å². The molecule has 14 heteroatoms. The summed E-state index contributed by atoms with van der Waals surface area (Å²) in [4.78, 5) is 30.4. The summed E-state index contributed by atoms with van der Waals surface area (Å²) in [6.45, 7) is 3.72. The Balaban J connectivity index is 1.83. The number of benzene rings is 1. The first-order chi connectivity index (χ1) is 16.5. The monoisotopic (exact) mass is 527 g/mol. The summed E-state index contributed by atoms with van der Waals surface area (Å²) in [6, 6.07) is 1.75. The lowest BCUT2D eigenvalue weighted by Gasteiger charge is -2.17. The van der Waals surface area contributed by atoms with Gasteiger partial charge in [0.1, 0.15) is 5.69 Å². The second kappa shape index (κ2) is 9.34. The van der Waals surface area contributed by atoms with Gasteiger partial charge in [-0.05, 0) is 26.3 Å². The van der Waals surface area contributed by atoms with Crippen molar-refractivity contribution in [1.29, 1.82) is 0 Å². The van der Waals surface area contributed by atoms with Crippen molar-refractivity contribution in [3.05, 3.63) is 51.4 Å². The maximum absolute atomic E-state index is 13.5. The summed E-state index contributed by atoms with van der Waals surface area (Å²) in [7, 11) is 0. The van der Waals surface area contributed by atoms with Gasteiger partial charge in [-0.1, -0.05) is 29.3 Å². The molecule has 3 heterocycles. The maximum atomic E-state index is 13.5. The molecule has 4 rings (SSSR count). The first-order valence-corrected chi connectivity index (χ1v) is 11.1. The van der Waals surface area contributed by atoms with Crippen molar-refractivity contribution in [2.75, 3.05) is 11.9 Å². The van der Waals surface area contributed by atoms with Crippen molar-refractivity contribution in [2.45, 2.75) is 32.5 Å². The number of alkyl halides is 3. The third-order valence-electron chi connectivity index (χ3n) is 5.12. The largest absolute Gasteiger partial charge is 0.435 e. The van der Waals surface area contributed by atoms with Crippen LogP contribution >= 0.6 is 23.2 Å². The molecule has 1 unspecified atom stereocenters. The Bertz CT molecular complexity index is 1390. The molecule has 1 atom stereocenters. The molecule has 184 valence electrons. The van der Waals surface area contributed by atoms with Gasteiger partial charge in [0.05, 0.1) is 39.1 Å². The van der Waals surface area contributed by atoms with E-state index in [0.29, 0.717) is 17.9 Å². The van der Waals surface area contributed by atoms with Crippen molar-refractivity contribution in [1.82, 2.24) is 25.3 Å². The molecular weight excluding hydrogens is 510 g/mol. The van der Waals surface area contributed by atoms with Gasteiger partial charge < -0.3 is 10.6 Å². The zero-order chi connectivity index (χ0) is 25.5. The van der Waals surface area contributed by atoms with Crippen molar-refractivity contribution in [3.63, 3.8) is 0 Å². The van der Waals surface area contributed by atoms with E-state index in [-0.39, 0.29) is 45.2 Å². The van der Waals surface area contributed by atoms with E-state index in [0.717, 1.165) is 4.68 Å². The standard InChI is InChI=1S/C21H18Cl2F3N7O2/c1-3-27-20(35)15-16-10(8-28-31-16)6-12(23)17(15)30-19(34)13-7-14(21(24,25)26)32-33(13)18-11(22)5-4-9(2)29-18/h5-9H,3-4H2,1-2H3,(H,27,35)(H,28,31)(H,30,34). The highest BCUT2D eigenvalue weighted by Crippen LogP contribution is 2.34. The van der Waals surface area contributed by atoms with Crippen LogP contribution in [0, 0.1) is 0 Å². The molecule has 0 fully saturated rings. The van der Waals surface area contributed by atoms with Gasteiger partial charge in [0.2, 0.25) is 0 Å². The number of halogens is 5. The third kappa shape index (κ3) is 4.76. The quantitative estimate of drug-likeness (QED) is 0.459. The third-order valence-corrected chi connectivity index (χ3v) is 5.74. The van der Waals surface area contributed by atoms with Gasteiger partial charge in [0.15, 0.2) is 11.5 Å². The Kier molecular flexibility index (Phi) is 6.60. The number of aromatic amines is 1. The lowest BCUT2D eigenvalue weighted by Crippen LogP contribution is -2.28. The Morgan fingerprint density at radius 3 is 2.69 bits per heavy atom. The fraction of sp³-hybridized carbons (Fsp3) is 0.286. The molecule has 3 N–H and O–H groups in total. The fourth-order valence-electron chi connectivity index (χ4n) is 3.52. The van der Waals surface area contributed by atoms with Crippen LogP contribution in [-0.4, -0.2) is 50.2 Å². The fourth-order valence-corrected chi connectivity index (χ4v) is 4.00. The number of hydrogen-bond acceptors (Lipinski definition) is 5. The van der Waals surface area contributed by atoms with Crippen LogP contribution in [0.2, 0.25) is 5.02 Å². The zero-order valence-electron chi connectivity index (χ0n) is 18.3. The molecule has 1 aromatic carbocycles. The number of fused-ring (bicyclic) bond motifs is 1. The van der Waals surface area contributed by atoms with Crippen molar-refractivity contribution < 1.29 is 22.8 Å². The number of H-pyrrole nitrogens is 1. The van der Waals surface area contributed by atoms with E-state index in [1.807, 2.05) is 0 Å². The number of carbonyl (C=O) groups is 2. The number of anilines is 1. The molecule has 1 aliphatic heterocycles. The molecular formula is C21H18Cl2F3N7O2. The number of aromatic nitrogens is 4. The lowest BCUT2D eigenvalue weighted by atomic mass is 10.1. The smallest absolute Gasteiger partial charge is 0.352 e. The second-order valence-electron chi connectivity index (χ2n) is 7.67. The number of carbonyl (C=O) groups excluding carboxylic acids is 2. The molecule has 1 aliphatic rings. The van der Waals surface area contributed by atoms with Crippen LogP contribution in [-0.2, 0) is 6.18 Å². The van der Waals surface area contributed by atoms with E-state index >= 15 is 0 Å². The maximum Gasteiger partial charge on any atom is 0.435 e. The minimum atomic E-state index is -4.84. The highest BCUT2D eigenvalue weighted by molar-refractivity contribution is 6.43. The minimum absolute atomic E-state index is 0.0165. The molecule has 0 saturated carbocycles. The van der Waals surface area contributed by atoms with Gasteiger partial charge in [-0.3, -0.25) is 19.7 Å². The highest BCUT2D eigenvalue weighted by atomic mass is 35.5. The Morgan fingerprint density at radius 2 is 2.00 bits per heavy atom. The van der Waals surface area contributed by atoms with E-state index in [9.17, 15) is 22.8 Å².